The van der Waals surface area contributed by atoms with Gasteiger partial charge in [-0.15, -0.1) is 0 Å². The summed E-state index contributed by atoms with van der Waals surface area (Å²) in [6.45, 7) is -0.447. The third kappa shape index (κ3) is 12.8. The summed E-state index contributed by atoms with van der Waals surface area (Å²) in [6.07, 6.45) is -3.21. The summed E-state index contributed by atoms with van der Waals surface area (Å²) in [5.41, 5.74) is 5.12. The third-order valence-corrected chi connectivity index (χ3v) is 6.90. The number of nitrogens with one attached hydrogen (secondary N) is 1. The molecule has 1 fully saturated rings. The van der Waals surface area contributed by atoms with Gasteiger partial charge < -0.3 is 60.3 Å². The number of aromatic nitrogens is 4. The second kappa shape index (κ2) is 16.7. The summed E-state index contributed by atoms with van der Waals surface area (Å²) in [5, 5.41) is 28.7. The molecule has 10 N–H and O–H groups in total. The Hall–Kier alpha value is 1.36. The number of anilines is 1. The van der Waals surface area contributed by atoms with E-state index in [0.717, 1.165) is 0 Å². The molecular formula is C10H17N5Na3O16P3. The first-order valence-electron chi connectivity index (χ1n) is 8.10. The number of phosphoric acid groups is 3. The number of nitrogens with zero attached hydrogens (tertiary/aromatic N) is 3. The van der Waals surface area contributed by atoms with Crippen LogP contribution in [0.5, 0.6) is 0 Å². The number of aliphatic hydroxyl groups is 3. The Morgan fingerprint density at radius 2 is 1.65 bits per heavy atom. The minimum absolute atomic E-state index is 0. The van der Waals surface area contributed by atoms with Crippen molar-refractivity contribution >= 4 is 40.6 Å². The first-order chi connectivity index (χ1) is 14.9. The van der Waals surface area contributed by atoms with E-state index in [1.165, 1.54) is 10.9 Å². The SMILES string of the molecule is Nc1nc2c(ncn2[C@@H]2O[C@H](CO)[C@@H](O)[C@H]2O)c(=O)[nH]1.O.O=P([O-])([O-])OP(=O)([O-])OP(=O)(O)O.[Na+].[Na+].[Na+]. The molecular weight excluding hydrogens is 608 g/mol. The minimum Gasteiger partial charge on any atom is -0.790 e. The number of hydrogen-bond donors (Lipinski definition) is 7. The zero-order valence-corrected chi connectivity index (χ0v) is 27.9. The molecule has 0 saturated carbocycles. The Morgan fingerprint density at radius 3 is 2.08 bits per heavy atom. The van der Waals surface area contributed by atoms with Crippen molar-refractivity contribution in [1.29, 1.82) is 0 Å². The van der Waals surface area contributed by atoms with Crippen LogP contribution in [0.4, 0.5) is 5.95 Å². The predicted octanol–water partition coefficient (Wildman–Crippen LogP) is -15.1. The number of ether oxygens (including phenoxy) is 1. The third-order valence-electron chi connectivity index (χ3n) is 3.65. The van der Waals surface area contributed by atoms with E-state index in [1.807, 2.05) is 0 Å². The van der Waals surface area contributed by atoms with Crippen molar-refractivity contribution in [3.63, 3.8) is 0 Å². The van der Waals surface area contributed by atoms with E-state index in [1.54, 1.807) is 0 Å². The Bertz CT molecular complexity index is 1170. The second-order valence-electron chi connectivity index (χ2n) is 6.05. The van der Waals surface area contributed by atoms with Gasteiger partial charge in [0.05, 0.1) is 20.8 Å². The zero-order valence-electron chi connectivity index (χ0n) is 19.2. The Labute approximate surface area is 272 Å². The molecule has 0 aromatic carbocycles. The van der Waals surface area contributed by atoms with Gasteiger partial charge in [0, 0.05) is 0 Å². The predicted molar refractivity (Wildman–Crippen MR) is 98.6 cm³/mol. The molecule has 3 heterocycles. The number of fused-ring (bicyclic) bond motifs is 1. The Morgan fingerprint density at radius 1 is 1.11 bits per heavy atom. The van der Waals surface area contributed by atoms with Crippen LogP contribution in [-0.2, 0) is 27.1 Å². The maximum Gasteiger partial charge on any atom is 1.00 e. The van der Waals surface area contributed by atoms with E-state index in [9.17, 15) is 43.4 Å². The van der Waals surface area contributed by atoms with Crippen molar-refractivity contribution in [3.05, 3.63) is 16.7 Å². The van der Waals surface area contributed by atoms with Crippen LogP contribution in [0.3, 0.4) is 0 Å². The van der Waals surface area contributed by atoms with Crippen LogP contribution in [0.2, 0.25) is 0 Å². The van der Waals surface area contributed by atoms with Crippen molar-refractivity contribution in [2.75, 3.05) is 12.3 Å². The molecule has 27 heteroatoms. The van der Waals surface area contributed by atoms with Crippen LogP contribution < -0.4 is 115 Å². The molecule has 0 aliphatic carbocycles. The van der Waals surface area contributed by atoms with Crippen molar-refractivity contribution in [1.82, 2.24) is 19.5 Å². The standard InChI is InChI=1S/C10H13N5O5.3Na.H5O10P3.H2O/c11-10-13-7-4(8(19)14-10)12-2-15(7)9-6(18)5(17)3(1-16)20-9;;;;1-11(2,3)9-13(7,8)10-12(4,5)6;/h2-3,5-6,9,16-18H,1H2,(H3,11,13,14,19);;;;(H,7,8)(H2,1,2,3)(H2,4,5,6);1H2/q;3*+1;;/p-3/t3-,5-,6-,9-;;;;;/m1...../s1. The molecule has 1 unspecified atom stereocenters. The van der Waals surface area contributed by atoms with Crippen molar-refractivity contribution in [2.45, 2.75) is 24.5 Å². The fourth-order valence-electron chi connectivity index (χ4n) is 2.51. The fourth-order valence-corrected chi connectivity index (χ4v) is 4.92. The summed E-state index contributed by atoms with van der Waals surface area (Å²) >= 11 is 0. The summed E-state index contributed by atoms with van der Waals surface area (Å²) in [7, 11) is -17.2. The maximum absolute atomic E-state index is 11.7. The molecule has 3 rings (SSSR count). The zero-order chi connectivity index (χ0) is 25.4. The van der Waals surface area contributed by atoms with E-state index < -0.39 is 60.2 Å². The molecule has 21 nitrogen and oxygen atoms in total. The number of rotatable bonds is 6. The molecule has 2 aromatic rings. The smallest absolute Gasteiger partial charge is 0.790 e. The Balaban J connectivity index is -0.000000610. The monoisotopic (exact) mass is 625 g/mol. The molecule has 0 amide bonds. The fraction of sp³-hybridized carbons (Fsp3) is 0.500. The Kier molecular flexibility index (Phi) is 19.3. The second-order valence-corrected chi connectivity index (χ2v) is 10.1. The van der Waals surface area contributed by atoms with Crippen LogP contribution in [0, 0.1) is 0 Å². The van der Waals surface area contributed by atoms with Gasteiger partial charge in [0.15, 0.2) is 17.4 Å². The molecule has 196 valence electrons. The van der Waals surface area contributed by atoms with Gasteiger partial charge in [0.25, 0.3) is 13.4 Å². The number of imidazole rings is 1. The summed E-state index contributed by atoms with van der Waals surface area (Å²) in [6, 6.07) is 0. The minimum atomic E-state index is -5.92. The quantitative estimate of drug-likeness (QED) is 0.116. The molecule has 0 bridgehead atoms. The molecule has 1 aliphatic heterocycles. The van der Waals surface area contributed by atoms with Gasteiger partial charge in [-0.25, -0.2) is 13.9 Å². The number of nitrogen functional groups attached to an aromatic ring is 1. The number of aliphatic hydroxyl groups excluding tert-OH is 3. The molecule has 0 radical (unpaired) electrons. The average molecular weight is 625 g/mol. The number of aromatic amines is 1. The van der Waals surface area contributed by atoms with E-state index >= 15 is 0 Å². The van der Waals surface area contributed by atoms with Gasteiger partial charge in [-0.1, -0.05) is 0 Å². The summed E-state index contributed by atoms with van der Waals surface area (Å²) in [5.74, 6) is -0.101. The molecule has 37 heavy (non-hydrogen) atoms. The van der Waals surface area contributed by atoms with Crippen molar-refractivity contribution in [3.8, 4) is 0 Å². The van der Waals surface area contributed by atoms with Crippen LogP contribution in [0.25, 0.3) is 11.2 Å². The molecule has 0 spiro atoms. The van der Waals surface area contributed by atoms with Crippen molar-refractivity contribution < 1.29 is 161 Å². The van der Waals surface area contributed by atoms with Crippen LogP contribution in [-0.4, -0.2) is 75.0 Å². The molecule has 1 aliphatic rings. The van der Waals surface area contributed by atoms with E-state index in [2.05, 4.69) is 23.6 Å². The van der Waals surface area contributed by atoms with E-state index in [-0.39, 0.29) is 111 Å². The normalized spacial score (nSPS) is 22.7. The van der Waals surface area contributed by atoms with Crippen molar-refractivity contribution in [2.24, 2.45) is 0 Å². The average Bonchev–Trinajstić information content (AvgIpc) is 3.13. The van der Waals surface area contributed by atoms with Gasteiger partial charge in [-0.2, -0.15) is 4.98 Å². The van der Waals surface area contributed by atoms with Crippen LogP contribution in [0.15, 0.2) is 11.1 Å². The van der Waals surface area contributed by atoms with Crippen LogP contribution in [0.1, 0.15) is 6.23 Å². The molecule has 5 atom stereocenters. The topological polar surface area (TPSA) is 370 Å². The first-order valence-corrected chi connectivity index (χ1v) is 12.6. The van der Waals surface area contributed by atoms with Gasteiger partial charge in [-0.3, -0.25) is 23.2 Å². The summed E-state index contributed by atoms with van der Waals surface area (Å²) in [4.78, 5) is 67.1. The van der Waals surface area contributed by atoms with Gasteiger partial charge in [0.1, 0.15) is 18.3 Å². The van der Waals surface area contributed by atoms with E-state index in [0.29, 0.717) is 0 Å². The number of hydrogen-bond acceptors (Lipinski definition) is 16. The van der Waals surface area contributed by atoms with Gasteiger partial charge in [0.2, 0.25) is 5.95 Å². The molecule has 2 aromatic heterocycles. The van der Waals surface area contributed by atoms with E-state index in [4.69, 9.17) is 25.4 Å². The summed E-state index contributed by atoms with van der Waals surface area (Å²) < 4.78 is 42.0. The molecule has 1 saturated heterocycles. The maximum atomic E-state index is 11.7. The number of H-pyrrole nitrogens is 1. The largest absolute Gasteiger partial charge is 1.00 e. The van der Waals surface area contributed by atoms with Gasteiger partial charge >= 0.3 is 96.5 Å². The first kappa shape index (κ1) is 42.8. The van der Waals surface area contributed by atoms with Crippen LogP contribution >= 0.6 is 23.5 Å². The number of nitrogens with two attached hydrogens (primary N) is 1. The van der Waals surface area contributed by atoms with Gasteiger partial charge in [-0.05, 0) is 0 Å².